The van der Waals surface area contributed by atoms with Crippen molar-refractivity contribution in [2.45, 2.75) is 57.5 Å². The quantitative estimate of drug-likeness (QED) is 0.729. The first-order valence-electron chi connectivity index (χ1n) is 10.9. The monoisotopic (exact) mass is 410 g/mol. The number of carbonyl (C=O) groups excluding carboxylic acids is 1. The molecule has 2 unspecified atom stereocenters. The fraction of sp³-hybridized carbons (Fsp3) is 0.480. The van der Waals surface area contributed by atoms with Crippen molar-refractivity contribution in [1.29, 1.82) is 0 Å². The molecule has 2 aromatic carbocycles. The van der Waals surface area contributed by atoms with E-state index in [1.165, 1.54) is 31.2 Å². The fourth-order valence-corrected chi connectivity index (χ4v) is 5.15. The Kier molecular flexibility index (Phi) is 6.56. The fourth-order valence-electron chi connectivity index (χ4n) is 5.03. The predicted molar refractivity (Wildman–Crippen MR) is 120 cm³/mol. The van der Waals surface area contributed by atoms with Gasteiger partial charge in [0.15, 0.2) is 0 Å². The van der Waals surface area contributed by atoms with Crippen molar-refractivity contribution < 1.29 is 4.79 Å². The molecule has 1 aliphatic heterocycles. The van der Waals surface area contributed by atoms with Crippen LogP contribution in [-0.2, 0) is 6.42 Å². The molecule has 2 atom stereocenters. The van der Waals surface area contributed by atoms with Gasteiger partial charge < -0.3 is 5.32 Å². The zero-order chi connectivity index (χ0) is 20.2. The van der Waals surface area contributed by atoms with Crippen LogP contribution in [0.5, 0.6) is 0 Å². The van der Waals surface area contributed by atoms with Crippen molar-refractivity contribution in [2.24, 2.45) is 5.92 Å². The van der Waals surface area contributed by atoms with E-state index in [9.17, 15) is 4.79 Å². The average Bonchev–Trinajstić information content (AvgIpc) is 3.18. The highest BCUT2D eigenvalue weighted by Gasteiger charge is 2.35. The highest BCUT2D eigenvalue weighted by Crippen LogP contribution is 2.30. The van der Waals surface area contributed by atoms with Gasteiger partial charge in [0.25, 0.3) is 5.91 Å². The summed E-state index contributed by atoms with van der Waals surface area (Å²) in [6.45, 7) is 4.31. The number of nitrogens with zero attached hydrogens (tertiary/aromatic N) is 1. The zero-order valence-electron chi connectivity index (χ0n) is 17.2. The van der Waals surface area contributed by atoms with E-state index in [4.69, 9.17) is 11.6 Å². The van der Waals surface area contributed by atoms with E-state index in [0.717, 1.165) is 48.0 Å². The Labute approximate surface area is 179 Å². The second-order valence-corrected chi connectivity index (χ2v) is 9.19. The van der Waals surface area contributed by atoms with Crippen LogP contribution in [0, 0.1) is 12.8 Å². The molecule has 0 bridgehead atoms. The first-order valence-corrected chi connectivity index (χ1v) is 11.3. The molecular formula is C25H31ClN2O. The van der Waals surface area contributed by atoms with Crippen LogP contribution >= 0.6 is 11.6 Å². The zero-order valence-corrected chi connectivity index (χ0v) is 18.0. The molecule has 0 aromatic heterocycles. The van der Waals surface area contributed by atoms with Crippen molar-refractivity contribution >= 4 is 17.5 Å². The van der Waals surface area contributed by atoms with Crippen LogP contribution in [0.15, 0.2) is 48.5 Å². The summed E-state index contributed by atoms with van der Waals surface area (Å²) < 4.78 is 0. The van der Waals surface area contributed by atoms with Gasteiger partial charge in [0.05, 0.1) is 0 Å². The number of aryl methyl sites for hydroxylation is 1. The molecule has 2 aliphatic rings. The average molecular weight is 411 g/mol. The van der Waals surface area contributed by atoms with Gasteiger partial charge in [-0.15, -0.1) is 0 Å². The maximum atomic E-state index is 12.7. The summed E-state index contributed by atoms with van der Waals surface area (Å²) >= 11 is 6.01. The van der Waals surface area contributed by atoms with Crippen LogP contribution in [-0.4, -0.2) is 36.0 Å². The van der Waals surface area contributed by atoms with Crippen molar-refractivity contribution in [2.75, 3.05) is 13.1 Å². The highest BCUT2D eigenvalue weighted by atomic mass is 35.5. The molecule has 1 amide bonds. The number of amides is 1. The Bertz CT molecular complexity index is 827. The topological polar surface area (TPSA) is 32.3 Å². The summed E-state index contributed by atoms with van der Waals surface area (Å²) in [6.07, 6.45) is 7.10. The number of piperidine rings is 1. The number of hydrogen-bond acceptors (Lipinski definition) is 2. The van der Waals surface area contributed by atoms with E-state index in [-0.39, 0.29) is 11.9 Å². The summed E-state index contributed by atoms with van der Waals surface area (Å²) in [5.74, 6) is 0.817. The summed E-state index contributed by atoms with van der Waals surface area (Å²) in [5.41, 5.74) is 3.29. The lowest BCUT2D eigenvalue weighted by Gasteiger charge is -2.38. The number of halogens is 1. The maximum absolute atomic E-state index is 12.7. The maximum Gasteiger partial charge on any atom is 0.251 e. The van der Waals surface area contributed by atoms with Gasteiger partial charge in [-0.25, -0.2) is 0 Å². The Morgan fingerprint density at radius 1 is 1.07 bits per heavy atom. The van der Waals surface area contributed by atoms with Crippen molar-refractivity contribution in [3.8, 4) is 0 Å². The molecule has 3 nitrogen and oxygen atoms in total. The minimum atomic E-state index is 0.0724. The number of nitrogens with one attached hydrogen (secondary N) is 1. The lowest BCUT2D eigenvalue weighted by Crippen LogP contribution is -2.51. The lowest BCUT2D eigenvalue weighted by atomic mass is 9.89. The van der Waals surface area contributed by atoms with Gasteiger partial charge in [-0.05, 0) is 94.3 Å². The molecular weight excluding hydrogens is 380 g/mol. The van der Waals surface area contributed by atoms with Gasteiger partial charge in [-0.3, -0.25) is 9.69 Å². The minimum Gasteiger partial charge on any atom is -0.348 e. The highest BCUT2D eigenvalue weighted by molar-refractivity contribution is 6.30. The third kappa shape index (κ3) is 5.21. The number of benzene rings is 2. The third-order valence-corrected chi connectivity index (χ3v) is 6.88. The number of likely N-dealkylation sites (tertiary alicyclic amines) is 1. The minimum absolute atomic E-state index is 0.0724. The first kappa shape index (κ1) is 20.4. The molecule has 29 heavy (non-hydrogen) atoms. The number of carbonyl (C=O) groups is 1. The van der Waals surface area contributed by atoms with Crippen molar-refractivity contribution in [1.82, 2.24) is 10.2 Å². The molecule has 4 rings (SSSR count). The van der Waals surface area contributed by atoms with E-state index < -0.39 is 0 Å². The second-order valence-electron chi connectivity index (χ2n) is 8.76. The number of rotatable bonds is 5. The van der Waals surface area contributed by atoms with Crippen LogP contribution in [0.25, 0.3) is 0 Å². The molecule has 154 valence electrons. The Hall–Kier alpha value is -1.84. The molecule has 2 aromatic rings. The van der Waals surface area contributed by atoms with Crippen LogP contribution in [0.1, 0.15) is 53.6 Å². The summed E-state index contributed by atoms with van der Waals surface area (Å²) in [6, 6.07) is 16.9. The van der Waals surface area contributed by atoms with E-state index in [2.05, 4.69) is 22.3 Å². The smallest absolute Gasteiger partial charge is 0.251 e. The van der Waals surface area contributed by atoms with Crippen LogP contribution in [0.3, 0.4) is 0 Å². The molecule has 1 N–H and O–H groups in total. The van der Waals surface area contributed by atoms with Crippen LogP contribution in [0.2, 0.25) is 5.02 Å². The molecule has 1 heterocycles. The molecule has 1 saturated carbocycles. The van der Waals surface area contributed by atoms with Crippen molar-refractivity contribution in [3.05, 3.63) is 70.2 Å². The van der Waals surface area contributed by atoms with Gasteiger partial charge in [0, 0.05) is 22.7 Å². The summed E-state index contributed by atoms with van der Waals surface area (Å²) in [5, 5.41) is 4.14. The standard InChI is InChI=1S/C25H31ClN2O/c1-18-4-2-5-21(16-18)25(29)27-23-6-3-7-24(23)28-14-12-20(13-15-28)17-19-8-10-22(26)11-9-19/h2,4-5,8-11,16,20,23-24H,3,6-7,12-15,17H2,1H3,(H,27,29). The largest absolute Gasteiger partial charge is 0.348 e. The van der Waals surface area contributed by atoms with E-state index in [1.54, 1.807) is 0 Å². The molecule has 1 saturated heterocycles. The number of hydrogen-bond donors (Lipinski definition) is 1. The Morgan fingerprint density at radius 2 is 1.83 bits per heavy atom. The molecule has 4 heteroatoms. The van der Waals surface area contributed by atoms with E-state index >= 15 is 0 Å². The normalized spacial score (nSPS) is 23.2. The third-order valence-electron chi connectivity index (χ3n) is 6.63. The first-order chi connectivity index (χ1) is 14.1. The predicted octanol–water partition coefficient (Wildman–Crippen LogP) is 5.25. The Balaban J connectivity index is 1.30. The van der Waals surface area contributed by atoms with Gasteiger partial charge in [0.2, 0.25) is 0 Å². The second kappa shape index (κ2) is 9.32. The van der Waals surface area contributed by atoms with Crippen LogP contribution in [0.4, 0.5) is 0 Å². The molecule has 1 aliphatic carbocycles. The van der Waals surface area contributed by atoms with Gasteiger partial charge in [-0.1, -0.05) is 41.4 Å². The molecule has 0 spiro atoms. The van der Waals surface area contributed by atoms with Crippen molar-refractivity contribution in [3.63, 3.8) is 0 Å². The lowest BCUT2D eigenvalue weighted by molar-refractivity contribution is 0.0862. The van der Waals surface area contributed by atoms with Gasteiger partial charge in [-0.2, -0.15) is 0 Å². The summed E-state index contributed by atoms with van der Waals surface area (Å²) in [4.78, 5) is 15.4. The van der Waals surface area contributed by atoms with Gasteiger partial charge >= 0.3 is 0 Å². The van der Waals surface area contributed by atoms with Crippen LogP contribution < -0.4 is 5.32 Å². The SMILES string of the molecule is Cc1cccc(C(=O)NC2CCCC2N2CCC(Cc3ccc(Cl)cc3)CC2)c1. The molecule has 2 fully saturated rings. The van der Waals surface area contributed by atoms with E-state index in [0.29, 0.717) is 6.04 Å². The Morgan fingerprint density at radius 3 is 2.55 bits per heavy atom. The summed E-state index contributed by atoms with van der Waals surface area (Å²) in [7, 11) is 0. The van der Waals surface area contributed by atoms with E-state index in [1.807, 2.05) is 43.3 Å². The molecule has 0 radical (unpaired) electrons. The van der Waals surface area contributed by atoms with Gasteiger partial charge in [0.1, 0.15) is 0 Å².